The van der Waals surface area contributed by atoms with Crippen molar-refractivity contribution in [2.75, 3.05) is 17.7 Å². The number of urea groups is 1. The number of hydrogen-bond donors (Lipinski definition) is 2. The molecule has 4 aromatic rings. The number of anilines is 2. The van der Waals surface area contributed by atoms with Crippen LogP contribution in [0, 0.1) is 0 Å². The van der Waals surface area contributed by atoms with Crippen molar-refractivity contribution in [3.05, 3.63) is 54.2 Å². The SMILES string of the molecule is COc1cccc(-c2ccc3nc(NC(=O)Nc4nccs4)cn3n2)c1. The summed E-state index contributed by atoms with van der Waals surface area (Å²) < 4.78 is 6.87. The van der Waals surface area contributed by atoms with Crippen molar-refractivity contribution < 1.29 is 9.53 Å². The molecule has 9 heteroatoms. The maximum absolute atomic E-state index is 12.0. The van der Waals surface area contributed by atoms with Crippen LogP contribution in [0.5, 0.6) is 5.75 Å². The van der Waals surface area contributed by atoms with Gasteiger partial charge in [-0.1, -0.05) is 12.1 Å². The van der Waals surface area contributed by atoms with Gasteiger partial charge in [0.15, 0.2) is 16.6 Å². The Bertz CT molecular complexity index is 1060. The molecule has 0 bridgehead atoms. The van der Waals surface area contributed by atoms with Gasteiger partial charge >= 0.3 is 6.03 Å². The lowest BCUT2D eigenvalue weighted by Crippen LogP contribution is -2.19. The number of hydrogen-bond acceptors (Lipinski definition) is 6. The number of imidazole rings is 1. The average Bonchev–Trinajstić information content (AvgIpc) is 3.30. The van der Waals surface area contributed by atoms with E-state index in [1.807, 2.05) is 36.4 Å². The molecule has 0 saturated carbocycles. The number of carbonyl (C=O) groups excluding carboxylic acids is 1. The summed E-state index contributed by atoms with van der Waals surface area (Å²) in [4.78, 5) is 20.3. The monoisotopic (exact) mass is 366 g/mol. The Labute approximate surface area is 152 Å². The number of nitrogens with one attached hydrogen (secondary N) is 2. The van der Waals surface area contributed by atoms with Crippen LogP contribution in [0.2, 0.25) is 0 Å². The fourth-order valence-corrected chi connectivity index (χ4v) is 2.93. The predicted octanol–water partition coefficient (Wildman–Crippen LogP) is 3.51. The molecular formula is C17H14N6O2S. The molecule has 0 spiro atoms. The largest absolute Gasteiger partial charge is 0.497 e. The molecular weight excluding hydrogens is 352 g/mol. The van der Waals surface area contributed by atoms with Gasteiger partial charge in [-0.15, -0.1) is 11.3 Å². The number of carbonyl (C=O) groups is 1. The van der Waals surface area contributed by atoms with E-state index in [1.54, 1.807) is 29.4 Å². The molecule has 0 aliphatic rings. The molecule has 0 atom stereocenters. The third-order valence-electron chi connectivity index (χ3n) is 3.58. The van der Waals surface area contributed by atoms with E-state index < -0.39 is 6.03 Å². The summed E-state index contributed by atoms with van der Waals surface area (Å²) in [6.45, 7) is 0. The quantitative estimate of drug-likeness (QED) is 0.576. The summed E-state index contributed by atoms with van der Waals surface area (Å²) in [5.41, 5.74) is 2.32. The lowest BCUT2D eigenvalue weighted by atomic mass is 10.1. The smallest absolute Gasteiger partial charge is 0.326 e. The minimum atomic E-state index is -0.406. The number of amides is 2. The van der Waals surface area contributed by atoms with Gasteiger partial charge in [0.1, 0.15) is 5.75 Å². The molecule has 0 aliphatic heterocycles. The van der Waals surface area contributed by atoms with Crippen LogP contribution in [0.1, 0.15) is 0 Å². The number of methoxy groups -OCH3 is 1. The Kier molecular flexibility index (Phi) is 4.20. The second-order valence-corrected chi connectivity index (χ2v) is 6.19. The Morgan fingerprint density at radius 1 is 1.23 bits per heavy atom. The van der Waals surface area contributed by atoms with Crippen molar-refractivity contribution in [3.8, 4) is 17.0 Å². The van der Waals surface area contributed by atoms with E-state index >= 15 is 0 Å². The summed E-state index contributed by atoms with van der Waals surface area (Å²) in [5, 5.41) is 12.2. The van der Waals surface area contributed by atoms with E-state index in [-0.39, 0.29) is 0 Å². The number of fused-ring (bicyclic) bond motifs is 1. The number of thiazole rings is 1. The second-order valence-electron chi connectivity index (χ2n) is 5.30. The fraction of sp³-hybridized carbons (Fsp3) is 0.0588. The molecule has 4 rings (SSSR count). The summed E-state index contributed by atoms with van der Waals surface area (Å²) >= 11 is 1.34. The molecule has 0 saturated heterocycles. The third-order valence-corrected chi connectivity index (χ3v) is 4.27. The van der Waals surface area contributed by atoms with Crippen molar-refractivity contribution in [2.24, 2.45) is 0 Å². The molecule has 0 unspecified atom stereocenters. The Morgan fingerprint density at radius 2 is 2.15 bits per heavy atom. The highest BCUT2D eigenvalue weighted by molar-refractivity contribution is 7.13. The van der Waals surface area contributed by atoms with Crippen LogP contribution in [0.4, 0.5) is 15.7 Å². The van der Waals surface area contributed by atoms with Crippen molar-refractivity contribution in [2.45, 2.75) is 0 Å². The molecule has 0 fully saturated rings. The molecule has 1 aromatic carbocycles. The van der Waals surface area contributed by atoms with E-state index in [2.05, 4.69) is 25.7 Å². The van der Waals surface area contributed by atoms with Gasteiger partial charge in [-0.2, -0.15) is 5.10 Å². The summed E-state index contributed by atoms with van der Waals surface area (Å²) in [5.74, 6) is 1.16. The molecule has 130 valence electrons. The number of benzene rings is 1. The van der Waals surface area contributed by atoms with E-state index in [1.165, 1.54) is 11.3 Å². The van der Waals surface area contributed by atoms with Gasteiger partial charge in [0.25, 0.3) is 0 Å². The highest BCUT2D eigenvalue weighted by Crippen LogP contribution is 2.22. The first-order chi connectivity index (χ1) is 12.7. The van der Waals surface area contributed by atoms with Gasteiger partial charge < -0.3 is 4.74 Å². The van der Waals surface area contributed by atoms with Crippen LogP contribution in [0.25, 0.3) is 16.9 Å². The van der Waals surface area contributed by atoms with Gasteiger partial charge in [-0.05, 0) is 24.3 Å². The first kappa shape index (κ1) is 16.0. The molecule has 2 N–H and O–H groups in total. The van der Waals surface area contributed by atoms with Crippen LogP contribution in [0.15, 0.2) is 54.2 Å². The van der Waals surface area contributed by atoms with Crippen molar-refractivity contribution in [3.63, 3.8) is 0 Å². The van der Waals surface area contributed by atoms with E-state index in [4.69, 9.17) is 4.74 Å². The van der Waals surface area contributed by atoms with Crippen LogP contribution in [0.3, 0.4) is 0 Å². The zero-order valence-corrected chi connectivity index (χ0v) is 14.5. The third kappa shape index (κ3) is 3.33. The normalized spacial score (nSPS) is 10.7. The van der Waals surface area contributed by atoms with Crippen LogP contribution in [-0.2, 0) is 0 Å². The standard InChI is InChI=1S/C17H14N6O2S/c1-25-12-4-2-3-11(9-12)13-5-6-15-19-14(10-23(15)22-13)20-16(24)21-17-18-7-8-26-17/h2-10H,1H3,(H2,18,20,21,24). The molecule has 8 nitrogen and oxygen atoms in total. The second kappa shape index (κ2) is 6.81. The number of rotatable bonds is 4. The topological polar surface area (TPSA) is 93.4 Å². The molecule has 26 heavy (non-hydrogen) atoms. The van der Waals surface area contributed by atoms with Crippen LogP contribution in [-0.4, -0.2) is 32.7 Å². The lowest BCUT2D eigenvalue weighted by Gasteiger charge is -2.04. The summed E-state index contributed by atoms with van der Waals surface area (Å²) in [6, 6.07) is 10.9. The Balaban J connectivity index is 1.56. The molecule has 0 radical (unpaired) electrons. The summed E-state index contributed by atoms with van der Waals surface area (Å²) in [6.07, 6.45) is 3.27. The van der Waals surface area contributed by atoms with Crippen LogP contribution >= 0.6 is 11.3 Å². The highest BCUT2D eigenvalue weighted by Gasteiger charge is 2.09. The first-order valence-corrected chi connectivity index (χ1v) is 8.57. The van der Waals surface area contributed by atoms with E-state index in [0.29, 0.717) is 16.6 Å². The van der Waals surface area contributed by atoms with Crippen molar-refractivity contribution >= 4 is 34.0 Å². The van der Waals surface area contributed by atoms with Crippen molar-refractivity contribution in [1.29, 1.82) is 0 Å². The minimum Gasteiger partial charge on any atom is -0.497 e. The van der Waals surface area contributed by atoms with E-state index in [9.17, 15) is 4.79 Å². The van der Waals surface area contributed by atoms with Gasteiger partial charge in [0.2, 0.25) is 0 Å². The number of nitrogens with zero attached hydrogens (tertiary/aromatic N) is 4. The maximum Gasteiger partial charge on any atom is 0.326 e. The average molecular weight is 366 g/mol. The minimum absolute atomic E-state index is 0.398. The van der Waals surface area contributed by atoms with Gasteiger partial charge in [0.05, 0.1) is 19.0 Å². The van der Waals surface area contributed by atoms with Crippen molar-refractivity contribution in [1.82, 2.24) is 19.6 Å². The molecule has 0 aliphatic carbocycles. The van der Waals surface area contributed by atoms with Gasteiger partial charge in [0, 0.05) is 17.1 Å². The van der Waals surface area contributed by atoms with Gasteiger partial charge in [-0.3, -0.25) is 10.6 Å². The molecule has 3 aromatic heterocycles. The number of ether oxygens (including phenoxy) is 1. The van der Waals surface area contributed by atoms with Crippen LogP contribution < -0.4 is 15.4 Å². The Hall–Kier alpha value is -3.46. The Morgan fingerprint density at radius 3 is 2.96 bits per heavy atom. The predicted molar refractivity (Wildman–Crippen MR) is 99.7 cm³/mol. The zero-order valence-electron chi connectivity index (χ0n) is 13.7. The maximum atomic E-state index is 12.0. The zero-order chi connectivity index (χ0) is 17.9. The summed E-state index contributed by atoms with van der Waals surface area (Å²) in [7, 11) is 1.63. The molecule has 3 heterocycles. The highest BCUT2D eigenvalue weighted by atomic mass is 32.1. The first-order valence-electron chi connectivity index (χ1n) is 7.69. The number of aromatic nitrogens is 4. The molecule has 2 amide bonds. The lowest BCUT2D eigenvalue weighted by molar-refractivity contribution is 0.262. The fourth-order valence-electron chi connectivity index (χ4n) is 2.41. The van der Waals surface area contributed by atoms with Gasteiger partial charge in [-0.25, -0.2) is 19.3 Å². The van der Waals surface area contributed by atoms with E-state index in [0.717, 1.165) is 17.0 Å².